The first-order valence-electron chi connectivity index (χ1n) is 9.90. The van der Waals surface area contributed by atoms with Crippen molar-refractivity contribution in [2.45, 2.75) is 57.7 Å². The molecule has 1 aromatic carbocycles. The third-order valence-electron chi connectivity index (χ3n) is 5.83. The fourth-order valence-corrected chi connectivity index (χ4v) is 4.11. The number of hydrogen-bond donors (Lipinski definition) is 2. The standard InChI is InChI=1S/C21H28N4O2/c1-14(21(26)22-16-7-3-4-8-16)25-11-10-18-19(13-25)24-20(23-18)15-6-5-9-17(12-15)27-2/h5-6,9,12,14,16H,3-4,7-8,10-11,13H2,1-2H3,(H,22,26)(H,23,24)/t14-/m0/s1. The van der Waals surface area contributed by atoms with E-state index < -0.39 is 0 Å². The number of aromatic amines is 1. The van der Waals surface area contributed by atoms with Crippen LogP contribution < -0.4 is 10.1 Å². The molecule has 6 nitrogen and oxygen atoms in total. The Kier molecular flexibility index (Phi) is 5.16. The van der Waals surface area contributed by atoms with Gasteiger partial charge in [0, 0.05) is 31.1 Å². The largest absolute Gasteiger partial charge is 0.497 e. The number of carbonyl (C=O) groups is 1. The van der Waals surface area contributed by atoms with Crippen molar-refractivity contribution in [3.05, 3.63) is 35.7 Å². The Morgan fingerprint density at radius 2 is 2.19 bits per heavy atom. The molecule has 27 heavy (non-hydrogen) atoms. The number of nitrogens with zero attached hydrogens (tertiary/aromatic N) is 2. The maximum Gasteiger partial charge on any atom is 0.237 e. The summed E-state index contributed by atoms with van der Waals surface area (Å²) >= 11 is 0. The summed E-state index contributed by atoms with van der Waals surface area (Å²) in [5.41, 5.74) is 3.23. The summed E-state index contributed by atoms with van der Waals surface area (Å²) in [6, 6.07) is 8.16. The van der Waals surface area contributed by atoms with E-state index in [1.807, 2.05) is 31.2 Å². The van der Waals surface area contributed by atoms with Crippen LogP contribution >= 0.6 is 0 Å². The number of imidazole rings is 1. The lowest BCUT2D eigenvalue weighted by Crippen LogP contribution is -2.49. The monoisotopic (exact) mass is 368 g/mol. The Balaban J connectivity index is 1.45. The van der Waals surface area contributed by atoms with Crippen LogP contribution in [0.25, 0.3) is 11.4 Å². The number of rotatable bonds is 5. The highest BCUT2D eigenvalue weighted by molar-refractivity contribution is 5.81. The first-order chi connectivity index (χ1) is 13.1. The summed E-state index contributed by atoms with van der Waals surface area (Å²) in [7, 11) is 1.67. The summed E-state index contributed by atoms with van der Waals surface area (Å²) in [5.74, 6) is 1.84. The predicted octanol–water partition coefficient (Wildman–Crippen LogP) is 2.89. The van der Waals surface area contributed by atoms with Crippen molar-refractivity contribution in [2.24, 2.45) is 0 Å². The van der Waals surface area contributed by atoms with E-state index in [0.717, 1.165) is 60.9 Å². The van der Waals surface area contributed by atoms with Gasteiger partial charge in [-0.1, -0.05) is 25.0 Å². The second-order valence-corrected chi connectivity index (χ2v) is 7.63. The van der Waals surface area contributed by atoms with Crippen molar-refractivity contribution in [1.82, 2.24) is 20.2 Å². The molecular formula is C21H28N4O2. The molecule has 1 aliphatic carbocycles. The fourth-order valence-electron chi connectivity index (χ4n) is 4.11. The Morgan fingerprint density at radius 1 is 1.37 bits per heavy atom. The number of amides is 1. The summed E-state index contributed by atoms with van der Waals surface area (Å²) in [6.45, 7) is 3.59. The average Bonchev–Trinajstić information content (AvgIpc) is 3.36. The normalized spacial score (nSPS) is 18.9. The number of H-pyrrole nitrogens is 1. The molecule has 0 saturated heterocycles. The van der Waals surface area contributed by atoms with Gasteiger partial charge in [0.15, 0.2) is 0 Å². The van der Waals surface area contributed by atoms with Gasteiger partial charge in [-0.25, -0.2) is 4.98 Å². The van der Waals surface area contributed by atoms with E-state index in [4.69, 9.17) is 9.72 Å². The summed E-state index contributed by atoms with van der Waals surface area (Å²) in [4.78, 5) is 23.1. The van der Waals surface area contributed by atoms with Gasteiger partial charge in [0.25, 0.3) is 0 Å². The minimum Gasteiger partial charge on any atom is -0.497 e. The highest BCUT2D eigenvalue weighted by Crippen LogP contribution is 2.26. The van der Waals surface area contributed by atoms with Gasteiger partial charge in [-0.05, 0) is 31.9 Å². The van der Waals surface area contributed by atoms with Gasteiger partial charge < -0.3 is 15.0 Å². The van der Waals surface area contributed by atoms with Gasteiger partial charge in [0.2, 0.25) is 5.91 Å². The Hall–Kier alpha value is -2.34. The third-order valence-corrected chi connectivity index (χ3v) is 5.83. The van der Waals surface area contributed by atoms with Crippen molar-refractivity contribution < 1.29 is 9.53 Å². The minimum absolute atomic E-state index is 0.123. The SMILES string of the molecule is COc1cccc(-c2nc3c([nH]2)CN([C@@H](C)C(=O)NC2CCCC2)CC3)c1. The van der Waals surface area contributed by atoms with Gasteiger partial charge in [-0.3, -0.25) is 9.69 Å². The number of hydrogen-bond acceptors (Lipinski definition) is 4. The smallest absolute Gasteiger partial charge is 0.237 e. The number of ether oxygens (including phenoxy) is 1. The molecule has 0 spiro atoms. The molecule has 1 saturated carbocycles. The van der Waals surface area contributed by atoms with Crippen LogP contribution in [0.1, 0.15) is 44.0 Å². The Bertz CT molecular complexity index is 810. The van der Waals surface area contributed by atoms with E-state index in [2.05, 4.69) is 15.2 Å². The molecule has 2 heterocycles. The van der Waals surface area contributed by atoms with Gasteiger partial charge in [0.05, 0.1) is 24.5 Å². The molecule has 144 valence electrons. The molecule has 0 radical (unpaired) electrons. The minimum atomic E-state index is -0.123. The van der Waals surface area contributed by atoms with E-state index in [1.54, 1.807) is 7.11 Å². The van der Waals surface area contributed by atoms with Crippen molar-refractivity contribution in [2.75, 3.05) is 13.7 Å². The molecule has 1 fully saturated rings. The number of methoxy groups -OCH3 is 1. The maximum absolute atomic E-state index is 12.6. The lowest BCUT2D eigenvalue weighted by atomic mass is 10.1. The summed E-state index contributed by atoms with van der Waals surface area (Å²) in [6.07, 6.45) is 5.55. The number of nitrogens with one attached hydrogen (secondary N) is 2. The Morgan fingerprint density at radius 3 is 2.96 bits per heavy atom. The molecule has 0 unspecified atom stereocenters. The number of benzene rings is 1. The van der Waals surface area contributed by atoms with Crippen LogP contribution in [0, 0.1) is 0 Å². The zero-order chi connectivity index (χ0) is 18.8. The van der Waals surface area contributed by atoms with Crippen LogP contribution in [-0.2, 0) is 17.8 Å². The molecule has 4 rings (SSSR count). The van der Waals surface area contributed by atoms with Crippen LogP contribution in [0.3, 0.4) is 0 Å². The first kappa shape index (κ1) is 18.0. The topological polar surface area (TPSA) is 70.2 Å². The zero-order valence-electron chi connectivity index (χ0n) is 16.1. The summed E-state index contributed by atoms with van der Waals surface area (Å²) < 4.78 is 5.31. The van der Waals surface area contributed by atoms with E-state index in [0.29, 0.717) is 6.04 Å². The molecule has 0 bridgehead atoms. The number of carbonyl (C=O) groups excluding carboxylic acids is 1. The molecule has 6 heteroatoms. The number of fused-ring (bicyclic) bond motifs is 1. The molecule has 1 aliphatic heterocycles. The van der Waals surface area contributed by atoms with E-state index in [1.165, 1.54) is 12.8 Å². The van der Waals surface area contributed by atoms with Crippen LogP contribution in [0.5, 0.6) is 5.75 Å². The van der Waals surface area contributed by atoms with Crippen LogP contribution in [-0.4, -0.2) is 46.5 Å². The lowest BCUT2D eigenvalue weighted by molar-refractivity contribution is -0.126. The Labute approximate surface area is 160 Å². The predicted molar refractivity (Wildman–Crippen MR) is 105 cm³/mol. The molecule has 1 atom stereocenters. The van der Waals surface area contributed by atoms with E-state index in [-0.39, 0.29) is 11.9 Å². The maximum atomic E-state index is 12.6. The third kappa shape index (κ3) is 3.86. The second kappa shape index (κ2) is 7.72. The molecule has 2 N–H and O–H groups in total. The quantitative estimate of drug-likeness (QED) is 0.851. The van der Waals surface area contributed by atoms with Crippen LogP contribution in [0.2, 0.25) is 0 Å². The van der Waals surface area contributed by atoms with Crippen molar-refractivity contribution in [1.29, 1.82) is 0 Å². The highest BCUT2D eigenvalue weighted by atomic mass is 16.5. The van der Waals surface area contributed by atoms with E-state index >= 15 is 0 Å². The number of aromatic nitrogens is 2. The lowest BCUT2D eigenvalue weighted by Gasteiger charge is -2.31. The molecule has 2 aliphatic rings. The molecular weight excluding hydrogens is 340 g/mol. The zero-order valence-corrected chi connectivity index (χ0v) is 16.1. The van der Waals surface area contributed by atoms with E-state index in [9.17, 15) is 4.79 Å². The fraction of sp³-hybridized carbons (Fsp3) is 0.524. The van der Waals surface area contributed by atoms with Crippen LogP contribution in [0.4, 0.5) is 0 Å². The van der Waals surface area contributed by atoms with Crippen molar-refractivity contribution in [3.63, 3.8) is 0 Å². The van der Waals surface area contributed by atoms with Crippen LogP contribution in [0.15, 0.2) is 24.3 Å². The van der Waals surface area contributed by atoms with Gasteiger partial charge in [0.1, 0.15) is 11.6 Å². The van der Waals surface area contributed by atoms with Gasteiger partial charge in [-0.15, -0.1) is 0 Å². The second-order valence-electron chi connectivity index (χ2n) is 7.63. The average molecular weight is 368 g/mol. The molecule has 1 amide bonds. The van der Waals surface area contributed by atoms with Crippen molar-refractivity contribution >= 4 is 5.91 Å². The first-order valence-corrected chi connectivity index (χ1v) is 9.90. The highest BCUT2D eigenvalue weighted by Gasteiger charge is 2.29. The molecule has 1 aromatic heterocycles. The molecule has 2 aromatic rings. The van der Waals surface area contributed by atoms with Gasteiger partial charge >= 0.3 is 0 Å². The van der Waals surface area contributed by atoms with Gasteiger partial charge in [-0.2, -0.15) is 0 Å². The summed E-state index contributed by atoms with van der Waals surface area (Å²) in [5, 5.41) is 3.22. The van der Waals surface area contributed by atoms with Crippen molar-refractivity contribution in [3.8, 4) is 17.1 Å².